The van der Waals surface area contributed by atoms with Crippen LogP contribution in [0, 0.1) is 0 Å². The second kappa shape index (κ2) is 6.58. The molecule has 0 heterocycles. The van der Waals surface area contributed by atoms with Crippen LogP contribution in [0.1, 0.15) is 6.92 Å². The third-order valence-corrected chi connectivity index (χ3v) is 2.21. The number of ether oxygens (including phenoxy) is 1. The summed E-state index contributed by atoms with van der Waals surface area (Å²) in [4.78, 5) is 13.0. The third kappa shape index (κ3) is 4.59. The molecule has 1 aromatic carbocycles. The number of benzene rings is 1. The Bertz CT molecular complexity index is 384. The van der Waals surface area contributed by atoms with Crippen LogP contribution in [-0.4, -0.2) is 31.3 Å². The van der Waals surface area contributed by atoms with Crippen LogP contribution in [0.5, 0.6) is 5.75 Å². The largest absolute Gasteiger partial charge is 0.508 e. The predicted octanol–water partition coefficient (Wildman–Crippen LogP) is 1.95. The van der Waals surface area contributed by atoms with Crippen molar-refractivity contribution >= 4 is 11.7 Å². The van der Waals surface area contributed by atoms with Crippen molar-refractivity contribution in [1.82, 2.24) is 0 Å². The van der Waals surface area contributed by atoms with Crippen molar-refractivity contribution in [3.05, 3.63) is 36.4 Å². The van der Waals surface area contributed by atoms with Crippen molar-refractivity contribution in [3.8, 4) is 5.75 Å². The monoisotopic (exact) mass is 235 g/mol. The van der Waals surface area contributed by atoms with Gasteiger partial charge in [-0.1, -0.05) is 6.08 Å². The summed E-state index contributed by atoms with van der Waals surface area (Å²) in [6, 6.07) is 6.88. The fourth-order valence-electron chi connectivity index (χ4n) is 1.31. The van der Waals surface area contributed by atoms with E-state index in [-0.39, 0.29) is 11.7 Å². The average molecular weight is 235 g/mol. The van der Waals surface area contributed by atoms with E-state index in [0.717, 1.165) is 5.69 Å². The lowest BCUT2D eigenvalue weighted by Crippen LogP contribution is -2.16. The minimum absolute atomic E-state index is 0.240. The van der Waals surface area contributed by atoms with Crippen molar-refractivity contribution < 1.29 is 14.6 Å². The fraction of sp³-hybridized carbons (Fsp3) is 0.308. The Balaban J connectivity index is 2.47. The van der Waals surface area contributed by atoms with Gasteiger partial charge >= 0.3 is 5.97 Å². The van der Waals surface area contributed by atoms with E-state index < -0.39 is 0 Å². The van der Waals surface area contributed by atoms with E-state index in [1.54, 1.807) is 25.1 Å². The number of anilines is 1. The van der Waals surface area contributed by atoms with Gasteiger partial charge in [-0.25, -0.2) is 4.79 Å². The van der Waals surface area contributed by atoms with Crippen molar-refractivity contribution in [1.29, 1.82) is 0 Å². The molecule has 1 N–H and O–H groups in total. The first-order chi connectivity index (χ1) is 8.13. The highest BCUT2D eigenvalue weighted by Crippen LogP contribution is 2.16. The molecule has 0 amide bonds. The standard InChI is InChI=1S/C13H17NO3/c1-3-17-13(16)5-4-10-14(2)11-6-8-12(15)9-7-11/h4-9,15H,3,10H2,1-2H3/b5-4+. The van der Waals surface area contributed by atoms with E-state index in [1.165, 1.54) is 6.08 Å². The molecular weight excluding hydrogens is 218 g/mol. The highest BCUT2D eigenvalue weighted by molar-refractivity contribution is 5.81. The van der Waals surface area contributed by atoms with Gasteiger partial charge in [0, 0.05) is 25.4 Å². The minimum atomic E-state index is -0.327. The highest BCUT2D eigenvalue weighted by atomic mass is 16.5. The molecule has 1 rings (SSSR count). The zero-order valence-electron chi connectivity index (χ0n) is 10.1. The van der Waals surface area contributed by atoms with Gasteiger partial charge in [-0.15, -0.1) is 0 Å². The zero-order chi connectivity index (χ0) is 12.7. The maximum absolute atomic E-state index is 11.0. The molecule has 0 spiro atoms. The van der Waals surface area contributed by atoms with Gasteiger partial charge in [0.1, 0.15) is 5.75 Å². The Kier molecular flexibility index (Phi) is 5.07. The number of carbonyl (C=O) groups excluding carboxylic acids is 1. The van der Waals surface area contributed by atoms with E-state index in [4.69, 9.17) is 9.84 Å². The number of hydrogen-bond donors (Lipinski definition) is 1. The van der Waals surface area contributed by atoms with Gasteiger partial charge in [0.2, 0.25) is 0 Å². The average Bonchev–Trinajstić information content (AvgIpc) is 2.30. The Labute approximate surface area is 101 Å². The molecule has 0 aromatic heterocycles. The summed E-state index contributed by atoms with van der Waals surface area (Å²) in [7, 11) is 1.90. The van der Waals surface area contributed by atoms with E-state index in [9.17, 15) is 4.79 Å². The van der Waals surface area contributed by atoms with Crippen LogP contribution in [0.4, 0.5) is 5.69 Å². The predicted molar refractivity (Wildman–Crippen MR) is 67.1 cm³/mol. The number of esters is 1. The van der Waals surface area contributed by atoms with Gasteiger partial charge in [-0.2, -0.15) is 0 Å². The van der Waals surface area contributed by atoms with Gasteiger partial charge in [0.05, 0.1) is 6.61 Å². The molecule has 0 aliphatic rings. The highest BCUT2D eigenvalue weighted by Gasteiger charge is 1.99. The number of phenols is 1. The summed E-state index contributed by atoms with van der Waals surface area (Å²) in [5.74, 6) is -0.0872. The summed E-state index contributed by atoms with van der Waals surface area (Å²) < 4.78 is 4.77. The summed E-state index contributed by atoms with van der Waals surface area (Å²) in [6.07, 6.45) is 3.16. The zero-order valence-corrected chi connectivity index (χ0v) is 10.1. The maximum Gasteiger partial charge on any atom is 0.330 e. The molecule has 0 fully saturated rings. The summed E-state index contributed by atoms with van der Waals surface area (Å²) in [5, 5.41) is 9.15. The quantitative estimate of drug-likeness (QED) is 0.626. The number of hydrogen-bond acceptors (Lipinski definition) is 4. The Morgan fingerprint density at radius 2 is 2.06 bits per heavy atom. The van der Waals surface area contributed by atoms with E-state index >= 15 is 0 Å². The van der Waals surface area contributed by atoms with Crippen molar-refractivity contribution in [2.24, 2.45) is 0 Å². The van der Waals surface area contributed by atoms with Gasteiger partial charge in [0.15, 0.2) is 0 Å². The molecule has 0 radical (unpaired) electrons. The van der Waals surface area contributed by atoms with E-state index in [1.807, 2.05) is 24.1 Å². The SMILES string of the molecule is CCOC(=O)/C=C/CN(C)c1ccc(O)cc1. The van der Waals surface area contributed by atoms with Crippen molar-refractivity contribution in [2.45, 2.75) is 6.92 Å². The molecule has 0 unspecified atom stereocenters. The first-order valence-corrected chi connectivity index (χ1v) is 5.47. The molecule has 0 saturated heterocycles. The number of rotatable bonds is 5. The second-order valence-corrected chi connectivity index (χ2v) is 3.55. The molecule has 0 atom stereocenters. The van der Waals surface area contributed by atoms with Gasteiger partial charge < -0.3 is 14.7 Å². The number of likely N-dealkylation sites (N-methyl/N-ethyl adjacent to an activating group) is 1. The lowest BCUT2D eigenvalue weighted by Gasteiger charge is -2.16. The topological polar surface area (TPSA) is 49.8 Å². The number of phenolic OH excluding ortho intramolecular Hbond substituents is 1. The number of aromatic hydroxyl groups is 1. The summed E-state index contributed by atoms with van der Waals surface area (Å²) in [5.41, 5.74) is 0.969. The van der Waals surface area contributed by atoms with Crippen LogP contribution in [-0.2, 0) is 9.53 Å². The molecule has 0 saturated carbocycles. The minimum Gasteiger partial charge on any atom is -0.508 e. The molecule has 17 heavy (non-hydrogen) atoms. The molecule has 1 aromatic rings. The van der Waals surface area contributed by atoms with Crippen LogP contribution < -0.4 is 4.90 Å². The molecular formula is C13H17NO3. The molecule has 0 aliphatic heterocycles. The third-order valence-electron chi connectivity index (χ3n) is 2.21. The van der Waals surface area contributed by atoms with Gasteiger partial charge in [0.25, 0.3) is 0 Å². The van der Waals surface area contributed by atoms with E-state index in [2.05, 4.69) is 0 Å². The van der Waals surface area contributed by atoms with Gasteiger partial charge in [-0.05, 0) is 31.2 Å². The smallest absolute Gasteiger partial charge is 0.330 e. The second-order valence-electron chi connectivity index (χ2n) is 3.55. The molecule has 0 aliphatic carbocycles. The number of nitrogens with zero attached hydrogens (tertiary/aromatic N) is 1. The van der Waals surface area contributed by atoms with Gasteiger partial charge in [-0.3, -0.25) is 0 Å². The normalized spacial score (nSPS) is 10.5. The molecule has 92 valence electrons. The van der Waals surface area contributed by atoms with Crippen LogP contribution in [0.15, 0.2) is 36.4 Å². The maximum atomic E-state index is 11.0. The van der Waals surface area contributed by atoms with Crippen LogP contribution >= 0.6 is 0 Å². The summed E-state index contributed by atoms with van der Waals surface area (Å²) >= 11 is 0. The number of carbonyl (C=O) groups is 1. The molecule has 4 heteroatoms. The lowest BCUT2D eigenvalue weighted by molar-refractivity contribution is -0.137. The Morgan fingerprint density at radius 1 is 1.41 bits per heavy atom. The summed E-state index contributed by atoms with van der Waals surface area (Å²) in [6.45, 7) is 2.76. The lowest BCUT2D eigenvalue weighted by atomic mass is 10.3. The molecule has 0 bridgehead atoms. The van der Waals surface area contributed by atoms with E-state index in [0.29, 0.717) is 13.2 Å². The van der Waals surface area contributed by atoms with Crippen LogP contribution in [0.25, 0.3) is 0 Å². The van der Waals surface area contributed by atoms with Crippen molar-refractivity contribution in [2.75, 3.05) is 25.1 Å². The van der Waals surface area contributed by atoms with Crippen molar-refractivity contribution in [3.63, 3.8) is 0 Å². The Hall–Kier alpha value is -1.97. The first-order valence-electron chi connectivity index (χ1n) is 5.47. The van der Waals surface area contributed by atoms with Crippen LogP contribution in [0.2, 0.25) is 0 Å². The first kappa shape index (κ1) is 13.1. The van der Waals surface area contributed by atoms with Crippen LogP contribution in [0.3, 0.4) is 0 Å². The Morgan fingerprint density at radius 3 is 2.65 bits per heavy atom. The fourth-order valence-corrected chi connectivity index (χ4v) is 1.31. The molecule has 4 nitrogen and oxygen atoms in total.